The van der Waals surface area contributed by atoms with Gasteiger partial charge in [-0.25, -0.2) is 4.98 Å². The number of amides is 1. The molecule has 0 radical (unpaired) electrons. The number of nitrogens with one attached hydrogen (secondary N) is 1. The molecule has 1 unspecified atom stereocenters. The van der Waals surface area contributed by atoms with Crippen LogP contribution in [0.4, 0.5) is 11.5 Å². The third-order valence-corrected chi connectivity index (χ3v) is 6.77. The zero-order chi connectivity index (χ0) is 25.4. The fourth-order valence-electron chi connectivity index (χ4n) is 3.56. The van der Waals surface area contributed by atoms with Gasteiger partial charge >= 0.3 is 0 Å². The third kappa shape index (κ3) is 5.92. The molecule has 3 aromatic rings. The summed E-state index contributed by atoms with van der Waals surface area (Å²) in [7, 11) is 0. The maximum absolute atomic E-state index is 13.0. The number of ether oxygens (including phenoxy) is 1. The second kappa shape index (κ2) is 11.9. The molecule has 0 fully saturated rings. The predicted molar refractivity (Wildman–Crippen MR) is 139 cm³/mol. The minimum atomic E-state index is -0.524. The van der Waals surface area contributed by atoms with Gasteiger partial charge in [-0.15, -0.1) is 0 Å². The van der Waals surface area contributed by atoms with Crippen LogP contribution in [0.2, 0.25) is 0 Å². The number of nitrogens with two attached hydrogens (primary N) is 1. The van der Waals surface area contributed by atoms with E-state index in [1.165, 1.54) is 11.8 Å². The Balaban J connectivity index is 1.94. The molecule has 1 atom stereocenters. The number of pyridine rings is 1. The van der Waals surface area contributed by atoms with Crippen molar-refractivity contribution >= 4 is 29.2 Å². The average Bonchev–Trinajstić information content (AvgIpc) is 2.88. The van der Waals surface area contributed by atoms with Gasteiger partial charge in [-0.1, -0.05) is 49.9 Å². The number of anilines is 2. The van der Waals surface area contributed by atoms with Crippen LogP contribution in [0.15, 0.2) is 53.6 Å². The predicted octanol–water partition coefficient (Wildman–Crippen LogP) is 5.54. The number of carbonyl (C=O) groups is 1. The Kier molecular flexibility index (Phi) is 8.72. The molecule has 0 aliphatic heterocycles. The number of nitrogen functional groups attached to an aromatic ring is 1. The van der Waals surface area contributed by atoms with Crippen LogP contribution in [-0.4, -0.2) is 22.7 Å². The van der Waals surface area contributed by atoms with Crippen LogP contribution in [0.1, 0.15) is 43.9 Å². The number of aromatic nitrogens is 1. The van der Waals surface area contributed by atoms with Gasteiger partial charge in [-0.2, -0.15) is 10.5 Å². The Morgan fingerprint density at radius 2 is 1.71 bits per heavy atom. The van der Waals surface area contributed by atoms with Crippen molar-refractivity contribution in [3.05, 3.63) is 65.2 Å². The molecule has 2 aromatic carbocycles. The quantitative estimate of drug-likeness (QED) is 0.381. The first-order chi connectivity index (χ1) is 16.9. The van der Waals surface area contributed by atoms with Crippen LogP contribution in [0.25, 0.3) is 11.1 Å². The van der Waals surface area contributed by atoms with Crippen LogP contribution in [-0.2, 0) is 11.2 Å². The topological polar surface area (TPSA) is 125 Å². The summed E-state index contributed by atoms with van der Waals surface area (Å²) in [4.78, 5) is 17.4. The van der Waals surface area contributed by atoms with Crippen LogP contribution >= 0.6 is 11.8 Å². The van der Waals surface area contributed by atoms with Crippen molar-refractivity contribution in [1.82, 2.24) is 4.98 Å². The molecule has 0 saturated heterocycles. The molecule has 0 bridgehead atoms. The lowest BCUT2D eigenvalue weighted by Crippen LogP contribution is -2.25. The summed E-state index contributed by atoms with van der Waals surface area (Å²) in [5.41, 5.74) is 9.45. The smallest absolute Gasteiger partial charge is 0.237 e. The number of nitrogens with zero attached hydrogens (tertiary/aromatic N) is 3. The number of thioether (sulfide) groups is 1. The summed E-state index contributed by atoms with van der Waals surface area (Å²) in [6, 6.07) is 19.1. The Labute approximate surface area is 209 Å². The molecule has 0 aliphatic carbocycles. The molecule has 35 heavy (non-hydrogen) atoms. The number of aryl methyl sites for hydroxylation is 1. The average molecular weight is 486 g/mol. The van der Waals surface area contributed by atoms with Crippen LogP contribution in [0.5, 0.6) is 5.75 Å². The summed E-state index contributed by atoms with van der Waals surface area (Å²) < 4.78 is 5.44. The zero-order valence-electron chi connectivity index (χ0n) is 20.0. The number of benzene rings is 2. The molecule has 1 heterocycles. The minimum absolute atomic E-state index is 0.0327. The number of hydrogen-bond acceptors (Lipinski definition) is 7. The number of carbonyl (C=O) groups excluding carboxylic acids is 1. The van der Waals surface area contributed by atoms with Gasteiger partial charge in [0.2, 0.25) is 5.91 Å². The van der Waals surface area contributed by atoms with Gasteiger partial charge in [0.05, 0.1) is 17.4 Å². The Hall–Kier alpha value is -4.01. The molecular weight excluding hydrogens is 458 g/mol. The van der Waals surface area contributed by atoms with E-state index in [9.17, 15) is 15.3 Å². The van der Waals surface area contributed by atoms with Crippen LogP contribution < -0.4 is 15.8 Å². The number of rotatable bonds is 9. The molecule has 1 aromatic heterocycles. The van der Waals surface area contributed by atoms with Gasteiger partial charge in [0.1, 0.15) is 34.3 Å². The summed E-state index contributed by atoms with van der Waals surface area (Å²) in [5.74, 6) is 0.539. The fraction of sp³-hybridized carbons (Fsp3) is 0.259. The van der Waals surface area contributed by atoms with Crippen molar-refractivity contribution in [2.45, 2.75) is 43.9 Å². The van der Waals surface area contributed by atoms with E-state index in [0.717, 1.165) is 17.7 Å². The molecule has 0 aliphatic rings. The monoisotopic (exact) mass is 485 g/mol. The summed E-state index contributed by atoms with van der Waals surface area (Å²) >= 11 is 1.17. The van der Waals surface area contributed by atoms with Crippen molar-refractivity contribution in [3.63, 3.8) is 0 Å². The van der Waals surface area contributed by atoms with Crippen LogP contribution in [0.3, 0.4) is 0 Å². The van der Waals surface area contributed by atoms with Crippen LogP contribution in [0, 0.1) is 22.7 Å². The second-order valence-electron chi connectivity index (χ2n) is 7.66. The number of nitriles is 2. The highest BCUT2D eigenvalue weighted by Gasteiger charge is 2.25. The standard InChI is InChI=1S/C27H27N5O2S/c1-4-17-7-9-18(10-8-17)24-21(15-28)25(30)32-27(22(24)16-29)35-23(5-2)26(33)31-19-11-13-20(14-12-19)34-6-3/h7-14,23H,4-6H2,1-3H3,(H2,30,32)(H,31,33). The molecule has 8 heteroatoms. The highest BCUT2D eigenvalue weighted by atomic mass is 32.2. The first kappa shape index (κ1) is 25.6. The van der Waals surface area contributed by atoms with E-state index in [1.54, 1.807) is 24.3 Å². The van der Waals surface area contributed by atoms with E-state index in [0.29, 0.717) is 34.9 Å². The molecule has 3 N–H and O–H groups in total. The largest absolute Gasteiger partial charge is 0.494 e. The lowest BCUT2D eigenvalue weighted by molar-refractivity contribution is -0.115. The molecule has 0 spiro atoms. The molecular formula is C27H27N5O2S. The third-order valence-electron chi connectivity index (χ3n) is 5.42. The van der Waals surface area contributed by atoms with Crippen molar-refractivity contribution in [2.24, 2.45) is 0 Å². The van der Waals surface area contributed by atoms with Gasteiger partial charge < -0.3 is 15.8 Å². The van der Waals surface area contributed by atoms with E-state index < -0.39 is 5.25 Å². The Bertz CT molecular complexity index is 1280. The molecule has 1 amide bonds. The normalized spacial score (nSPS) is 11.2. The van der Waals surface area contributed by atoms with E-state index in [1.807, 2.05) is 38.1 Å². The molecule has 3 rings (SSSR count). The van der Waals surface area contributed by atoms with Gasteiger partial charge in [-0.3, -0.25) is 4.79 Å². The molecule has 7 nitrogen and oxygen atoms in total. The summed E-state index contributed by atoms with van der Waals surface area (Å²) in [5, 5.41) is 22.5. The maximum Gasteiger partial charge on any atom is 0.237 e. The zero-order valence-corrected chi connectivity index (χ0v) is 20.8. The summed E-state index contributed by atoms with van der Waals surface area (Å²) in [6.45, 7) is 6.41. The van der Waals surface area contributed by atoms with Gasteiger partial charge in [0, 0.05) is 11.3 Å². The summed E-state index contributed by atoms with van der Waals surface area (Å²) in [6.07, 6.45) is 1.37. The van der Waals surface area contributed by atoms with Crippen molar-refractivity contribution in [1.29, 1.82) is 10.5 Å². The highest BCUT2D eigenvalue weighted by Crippen LogP contribution is 2.37. The maximum atomic E-state index is 13.0. The van der Waals surface area contributed by atoms with Gasteiger partial charge in [-0.05, 0) is 55.2 Å². The second-order valence-corrected chi connectivity index (χ2v) is 8.85. The molecule has 0 saturated carbocycles. The lowest BCUT2D eigenvalue weighted by atomic mass is 9.96. The van der Waals surface area contributed by atoms with Gasteiger partial charge in [0.25, 0.3) is 0 Å². The Morgan fingerprint density at radius 3 is 2.26 bits per heavy atom. The fourth-order valence-corrected chi connectivity index (χ4v) is 4.58. The highest BCUT2D eigenvalue weighted by molar-refractivity contribution is 8.00. The van der Waals surface area contributed by atoms with E-state index in [-0.39, 0.29) is 22.9 Å². The molecule has 178 valence electrons. The van der Waals surface area contributed by atoms with Crippen molar-refractivity contribution < 1.29 is 9.53 Å². The van der Waals surface area contributed by atoms with Crippen molar-refractivity contribution in [3.8, 4) is 29.0 Å². The first-order valence-corrected chi connectivity index (χ1v) is 12.3. The van der Waals surface area contributed by atoms with E-state index in [4.69, 9.17) is 10.5 Å². The van der Waals surface area contributed by atoms with Crippen molar-refractivity contribution in [2.75, 3.05) is 17.7 Å². The first-order valence-electron chi connectivity index (χ1n) is 11.4. The SMILES string of the molecule is CCOc1ccc(NC(=O)C(CC)Sc2nc(N)c(C#N)c(-c3ccc(CC)cc3)c2C#N)cc1. The van der Waals surface area contributed by atoms with E-state index >= 15 is 0 Å². The minimum Gasteiger partial charge on any atom is -0.494 e. The number of hydrogen-bond donors (Lipinski definition) is 2. The Morgan fingerprint density at radius 1 is 1.06 bits per heavy atom. The van der Waals surface area contributed by atoms with Gasteiger partial charge in [0.15, 0.2) is 0 Å². The van der Waals surface area contributed by atoms with E-state index in [2.05, 4.69) is 29.4 Å². The lowest BCUT2D eigenvalue weighted by Gasteiger charge is -2.18.